The Balaban J connectivity index is 1.78. The molecule has 0 spiro atoms. The molecule has 1 aromatic rings. The van der Waals surface area contributed by atoms with E-state index >= 15 is 0 Å². The van der Waals surface area contributed by atoms with Gasteiger partial charge in [-0.2, -0.15) is 0 Å². The fraction of sp³-hybridized carbons (Fsp3) is 0.611. The molecule has 8 nitrogen and oxygen atoms in total. The second-order valence-corrected chi connectivity index (χ2v) is 6.13. The molecule has 8 heteroatoms. The lowest BCUT2D eigenvalue weighted by Gasteiger charge is -2.33. The Labute approximate surface area is 155 Å². The Hall–Kier alpha value is -2.35. The number of methoxy groups -OCH3 is 1. The van der Waals surface area contributed by atoms with Crippen molar-refractivity contribution in [1.82, 2.24) is 20.9 Å². The van der Waals surface area contributed by atoms with Gasteiger partial charge in [-0.3, -0.25) is 4.79 Å². The second-order valence-electron chi connectivity index (χ2n) is 6.13. The van der Waals surface area contributed by atoms with Crippen LogP contribution in [0.4, 0.5) is 5.82 Å². The van der Waals surface area contributed by atoms with Crippen molar-refractivity contribution < 1.29 is 9.53 Å². The normalized spacial score (nSPS) is 15.6. The summed E-state index contributed by atoms with van der Waals surface area (Å²) >= 11 is 0. The number of anilines is 1. The van der Waals surface area contributed by atoms with E-state index in [9.17, 15) is 4.79 Å². The first-order valence-electron chi connectivity index (χ1n) is 9.19. The zero-order valence-electron chi connectivity index (χ0n) is 15.7. The largest absolute Gasteiger partial charge is 0.383 e. The minimum atomic E-state index is -0.107. The van der Waals surface area contributed by atoms with Crippen LogP contribution in [-0.2, 0) is 9.53 Å². The number of rotatable bonds is 8. The smallest absolute Gasteiger partial charge is 0.241 e. The quantitative estimate of drug-likeness (QED) is 0.352. The van der Waals surface area contributed by atoms with Crippen LogP contribution < -0.4 is 20.9 Å². The first kappa shape index (κ1) is 20.0. The predicted molar refractivity (Wildman–Crippen MR) is 103 cm³/mol. The van der Waals surface area contributed by atoms with Gasteiger partial charge < -0.3 is 25.6 Å². The van der Waals surface area contributed by atoms with Crippen molar-refractivity contribution in [3.05, 3.63) is 24.4 Å². The molecule has 0 radical (unpaired) electrons. The zero-order valence-corrected chi connectivity index (χ0v) is 15.7. The number of nitrogens with one attached hydrogen (secondary N) is 3. The van der Waals surface area contributed by atoms with E-state index in [0.29, 0.717) is 25.2 Å². The highest BCUT2D eigenvalue weighted by atomic mass is 16.5. The van der Waals surface area contributed by atoms with Gasteiger partial charge in [-0.25, -0.2) is 9.98 Å². The van der Waals surface area contributed by atoms with Gasteiger partial charge in [0.25, 0.3) is 0 Å². The highest BCUT2D eigenvalue weighted by molar-refractivity contribution is 5.85. The van der Waals surface area contributed by atoms with Crippen LogP contribution in [0.1, 0.15) is 19.8 Å². The maximum atomic E-state index is 11.8. The first-order valence-corrected chi connectivity index (χ1v) is 9.19. The van der Waals surface area contributed by atoms with E-state index in [4.69, 9.17) is 4.74 Å². The number of ether oxygens (including phenoxy) is 1. The van der Waals surface area contributed by atoms with Crippen molar-refractivity contribution >= 4 is 17.7 Å². The molecule has 1 aromatic heterocycles. The minimum Gasteiger partial charge on any atom is -0.383 e. The van der Waals surface area contributed by atoms with Crippen molar-refractivity contribution in [1.29, 1.82) is 0 Å². The van der Waals surface area contributed by atoms with Crippen LogP contribution in [0.25, 0.3) is 0 Å². The van der Waals surface area contributed by atoms with Gasteiger partial charge in [-0.15, -0.1) is 0 Å². The van der Waals surface area contributed by atoms with Gasteiger partial charge in [0.2, 0.25) is 5.91 Å². The van der Waals surface area contributed by atoms with Gasteiger partial charge in [0.1, 0.15) is 12.4 Å². The third-order valence-electron chi connectivity index (χ3n) is 4.16. The number of carbonyl (C=O) groups is 1. The zero-order chi connectivity index (χ0) is 18.6. The van der Waals surface area contributed by atoms with E-state index in [2.05, 4.69) is 30.8 Å². The van der Waals surface area contributed by atoms with Gasteiger partial charge in [0.05, 0.1) is 6.61 Å². The Morgan fingerprint density at radius 3 is 2.81 bits per heavy atom. The number of pyridine rings is 1. The number of piperidine rings is 1. The van der Waals surface area contributed by atoms with Crippen LogP contribution in [0.5, 0.6) is 0 Å². The minimum absolute atomic E-state index is 0.103. The van der Waals surface area contributed by atoms with Gasteiger partial charge in [0.15, 0.2) is 5.96 Å². The van der Waals surface area contributed by atoms with E-state index in [0.717, 1.165) is 38.3 Å². The molecule has 0 aliphatic carbocycles. The molecule has 1 amide bonds. The molecule has 2 heterocycles. The number of hydrogen-bond donors (Lipinski definition) is 3. The first-order chi connectivity index (χ1) is 12.7. The number of carbonyl (C=O) groups excluding carboxylic acids is 1. The molecule has 144 valence electrons. The van der Waals surface area contributed by atoms with E-state index in [1.54, 1.807) is 7.11 Å². The predicted octanol–water partition coefficient (Wildman–Crippen LogP) is 0.368. The van der Waals surface area contributed by atoms with Crippen molar-refractivity contribution in [2.45, 2.75) is 25.8 Å². The highest BCUT2D eigenvalue weighted by Crippen LogP contribution is 2.17. The van der Waals surface area contributed by atoms with Crippen molar-refractivity contribution in [3.63, 3.8) is 0 Å². The lowest BCUT2D eigenvalue weighted by Crippen LogP contribution is -2.49. The average molecular weight is 362 g/mol. The van der Waals surface area contributed by atoms with E-state index in [1.165, 1.54) is 0 Å². The number of nitrogens with zero attached hydrogens (tertiary/aromatic N) is 3. The molecule has 0 bridgehead atoms. The molecule has 1 saturated heterocycles. The van der Waals surface area contributed by atoms with Crippen molar-refractivity contribution in [3.8, 4) is 0 Å². The number of aliphatic imine (C=N–C) groups is 1. The molecule has 0 atom stereocenters. The molecule has 0 saturated carbocycles. The fourth-order valence-corrected chi connectivity index (χ4v) is 2.81. The molecule has 3 N–H and O–H groups in total. The lowest BCUT2D eigenvalue weighted by molar-refractivity contribution is -0.119. The average Bonchev–Trinajstić information content (AvgIpc) is 2.68. The van der Waals surface area contributed by atoms with Crippen LogP contribution in [0, 0.1) is 0 Å². The molecule has 2 rings (SSSR count). The number of amides is 1. The maximum Gasteiger partial charge on any atom is 0.241 e. The molecule has 1 aliphatic rings. The third kappa shape index (κ3) is 6.87. The van der Waals surface area contributed by atoms with Gasteiger partial charge in [0, 0.05) is 45.5 Å². The fourth-order valence-electron chi connectivity index (χ4n) is 2.81. The molecular formula is C18H30N6O2. The summed E-state index contributed by atoms with van der Waals surface area (Å²) in [5.74, 6) is 1.61. The Bertz CT molecular complexity index is 558. The molecular weight excluding hydrogens is 332 g/mol. The van der Waals surface area contributed by atoms with Crippen LogP contribution in [-0.4, -0.2) is 69.3 Å². The summed E-state index contributed by atoms with van der Waals surface area (Å²) in [6, 6.07) is 6.33. The third-order valence-corrected chi connectivity index (χ3v) is 4.16. The standard InChI is InChI=1S/C18H30N6O2/c1-3-19-18(22-14-17(25)21-10-13-26-2)23-15-7-11-24(12-8-15)16-6-4-5-9-20-16/h4-6,9,15H,3,7-8,10-14H2,1-2H3,(H,21,25)(H2,19,22,23). The second kappa shape index (κ2) is 11.3. The SMILES string of the molecule is CCNC(=NCC(=O)NCCOC)NC1CCN(c2ccccn2)CC1. The highest BCUT2D eigenvalue weighted by Gasteiger charge is 2.20. The Morgan fingerprint density at radius 2 is 2.15 bits per heavy atom. The van der Waals surface area contributed by atoms with E-state index < -0.39 is 0 Å². The summed E-state index contributed by atoms with van der Waals surface area (Å²) in [6.07, 6.45) is 3.83. The Kier molecular flexibility index (Phi) is 8.68. The van der Waals surface area contributed by atoms with E-state index in [-0.39, 0.29) is 12.5 Å². The number of hydrogen-bond acceptors (Lipinski definition) is 5. The van der Waals surface area contributed by atoms with Crippen LogP contribution in [0.15, 0.2) is 29.4 Å². The van der Waals surface area contributed by atoms with E-state index in [1.807, 2.05) is 31.3 Å². The molecule has 1 fully saturated rings. The number of guanidine groups is 1. The van der Waals surface area contributed by atoms with Gasteiger partial charge >= 0.3 is 0 Å². The maximum absolute atomic E-state index is 11.8. The summed E-state index contributed by atoms with van der Waals surface area (Å²) in [5.41, 5.74) is 0. The van der Waals surface area contributed by atoms with Crippen LogP contribution >= 0.6 is 0 Å². The summed E-state index contributed by atoms with van der Waals surface area (Å²) in [7, 11) is 1.61. The number of aromatic nitrogens is 1. The summed E-state index contributed by atoms with van der Waals surface area (Å²) in [4.78, 5) is 22.9. The molecule has 26 heavy (non-hydrogen) atoms. The Morgan fingerprint density at radius 1 is 1.35 bits per heavy atom. The topological polar surface area (TPSA) is 90.9 Å². The summed E-state index contributed by atoms with van der Waals surface area (Å²) < 4.78 is 4.91. The molecule has 0 aromatic carbocycles. The lowest BCUT2D eigenvalue weighted by atomic mass is 10.1. The monoisotopic (exact) mass is 362 g/mol. The summed E-state index contributed by atoms with van der Waals surface area (Å²) in [6.45, 7) is 5.77. The van der Waals surface area contributed by atoms with Gasteiger partial charge in [-0.1, -0.05) is 6.07 Å². The van der Waals surface area contributed by atoms with Crippen molar-refractivity contribution in [2.24, 2.45) is 4.99 Å². The molecule has 0 unspecified atom stereocenters. The summed E-state index contributed by atoms with van der Waals surface area (Å²) in [5, 5.41) is 9.41. The molecule has 1 aliphatic heterocycles. The van der Waals surface area contributed by atoms with Crippen LogP contribution in [0.3, 0.4) is 0 Å². The van der Waals surface area contributed by atoms with Crippen LogP contribution in [0.2, 0.25) is 0 Å². The van der Waals surface area contributed by atoms with Gasteiger partial charge in [-0.05, 0) is 31.9 Å². The van der Waals surface area contributed by atoms with Crippen molar-refractivity contribution in [2.75, 3.05) is 51.3 Å².